The molecule has 16 heavy (non-hydrogen) atoms. The summed E-state index contributed by atoms with van der Waals surface area (Å²) in [5.41, 5.74) is 4.87. The Balaban J connectivity index is 2.09. The van der Waals surface area contributed by atoms with E-state index < -0.39 is 0 Å². The van der Waals surface area contributed by atoms with Crippen molar-refractivity contribution in [1.82, 2.24) is 15.2 Å². The van der Waals surface area contributed by atoms with E-state index in [2.05, 4.69) is 25.9 Å². The fourth-order valence-corrected chi connectivity index (χ4v) is 1.44. The molecule has 0 radical (unpaired) electrons. The second kappa shape index (κ2) is 4.64. The smallest absolute Gasteiger partial charge is 0.276 e. The zero-order valence-electron chi connectivity index (χ0n) is 8.04. The average molecular weight is 236 g/mol. The molecule has 1 amide bonds. The molecule has 0 spiro atoms. The van der Waals surface area contributed by atoms with Crippen molar-refractivity contribution in [1.29, 1.82) is 0 Å². The van der Waals surface area contributed by atoms with Crippen LogP contribution in [0.5, 0.6) is 0 Å². The summed E-state index contributed by atoms with van der Waals surface area (Å²) in [5.74, 6) is 4.85. The van der Waals surface area contributed by atoms with Crippen molar-refractivity contribution in [2.75, 3.05) is 10.7 Å². The van der Waals surface area contributed by atoms with Crippen LogP contribution in [-0.4, -0.2) is 21.1 Å². The SMILES string of the molecule is NNc1ccc(C(=O)Nc2nncs2)nc1. The molecule has 0 bridgehead atoms. The van der Waals surface area contributed by atoms with Crippen molar-refractivity contribution in [3.8, 4) is 0 Å². The summed E-state index contributed by atoms with van der Waals surface area (Å²) in [7, 11) is 0. The van der Waals surface area contributed by atoms with Crippen molar-refractivity contribution >= 4 is 28.1 Å². The Morgan fingerprint density at radius 2 is 2.31 bits per heavy atom. The molecule has 0 saturated carbocycles. The van der Waals surface area contributed by atoms with Gasteiger partial charge in [0.05, 0.1) is 11.9 Å². The van der Waals surface area contributed by atoms with Crippen LogP contribution in [0.1, 0.15) is 10.5 Å². The summed E-state index contributed by atoms with van der Waals surface area (Å²) < 4.78 is 0. The Labute approximate surface area is 94.7 Å². The molecule has 0 saturated heterocycles. The molecule has 2 rings (SSSR count). The molecule has 0 fully saturated rings. The van der Waals surface area contributed by atoms with Gasteiger partial charge in [-0.1, -0.05) is 11.3 Å². The number of nitrogens with zero attached hydrogens (tertiary/aromatic N) is 3. The van der Waals surface area contributed by atoms with Gasteiger partial charge in [0.2, 0.25) is 5.13 Å². The summed E-state index contributed by atoms with van der Waals surface area (Å²) in [4.78, 5) is 15.6. The van der Waals surface area contributed by atoms with Gasteiger partial charge < -0.3 is 5.43 Å². The van der Waals surface area contributed by atoms with Gasteiger partial charge in [-0.05, 0) is 12.1 Å². The minimum atomic E-state index is -0.333. The summed E-state index contributed by atoms with van der Waals surface area (Å²) in [6.45, 7) is 0. The van der Waals surface area contributed by atoms with Crippen LogP contribution in [0.3, 0.4) is 0 Å². The largest absolute Gasteiger partial charge is 0.323 e. The first-order valence-electron chi connectivity index (χ1n) is 4.30. The van der Waals surface area contributed by atoms with Gasteiger partial charge in [0, 0.05) is 0 Å². The van der Waals surface area contributed by atoms with Gasteiger partial charge in [0.15, 0.2) is 0 Å². The number of hydrogen-bond donors (Lipinski definition) is 3. The highest BCUT2D eigenvalue weighted by Gasteiger charge is 2.08. The number of pyridine rings is 1. The molecule has 0 atom stereocenters. The van der Waals surface area contributed by atoms with Gasteiger partial charge >= 0.3 is 0 Å². The van der Waals surface area contributed by atoms with E-state index in [0.717, 1.165) is 0 Å². The molecule has 0 aliphatic heterocycles. The van der Waals surface area contributed by atoms with Crippen molar-refractivity contribution in [3.63, 3.8) is 0 Å². The molecule has 8 heteroatoms. The van der Waals surface area contributed by atoms with Crippen molar-refractivity contribution in [3.05, 3.63) is 29.5 Å². The number of carbonyl (C=O) groups is 1. The molecule has 4 N–H and O–H groups in total. The highest BCUT2D eigenvalue weighted by molar-refractivity contribution is 7.13. The zero-order valence-corrected chi connectivity index (χ0v) is 8.86. The number of nitrogen functional groups attached to an aromatic ring is 1. The fourth-order valence-electron chi connectivity index (χ4n) is 1.00. The first kappa shape index (κ1) is 10.5. The Hall–Kier alpha value is -2.06. The number of rotatable bonds is 3. The van der Waals surface area contributed by atoms with E-state index >= 15 is 0 Å². The van der Waals surface area contributed by atoms with E-state index in [1.807, 2.05) is 0 Å². The van der Waals surface area contributed by atoms with E-state index in [9.17, 15) is 4.79 Å². The van der Waals surface area contributed by atoms with Crippen LogP contribution in [0.25, 0.3) is 0 Å². The first-order valence-corrected chi connectivity index (χ1v) is 5.18. The van der Waals surface area contributed by atoms with E-state index in [0.29, 0.717) is 10.8 Å². The molecule has 0 unspecified atom stereocenters. The summed E-state index contributed by atoms with van der Waals surface area (Å²) >= 11 is 1.24. The maximum atomic E-state index is 11.6. The van der Waals surface area contributed by atoms with Crippen LogP contribution >= 0.6 is 11.3 Å². The van der Waals surface area contributed by atoms with Crippen LogP contribution in [0.2, 0.25) is 0 Å². The van der Waals surface area contributed by atoms with E-state index in [-0.39, 0.29) is 11.6 Å². The number of nitrogens with two attached hydrogens (primary N) is 1. The first-order chi connectivity index (χ1) is 7.79. The maximum Gasteiger partial charge on any atom is 0.276 e. The zero-order chi connectivity index (χ0) is 11.4. The number of anilines is 2. The lowest BCUT2D eigenvalue weighted by molar-refractivity contribution is 0.102. The lowest BCUT2D eigenvalue weighted by Gasteiger charge is -2.01. The van der Waals surface area contributed by atoms with Gasteiger partial charge in [0.1, 0.15) is 11.2 Å². The quantitative estimate of drug-likeness (QED) is 0.528. The lowest BCUT2D eigenvalue weighted by atomic mass is 10.3. The summed E-state index contributed by atoms with van der Waals surface area (Å²) in [5, 5.41) is 10.3. The third kappa shape index (κ3) is 2.30. The monoisotopic (exact) mass is 236 g/mol. The number of amides is 1. The van der Waals surface area contributed by atoms with Crippen LogP contribution in [-0.2, 0) is 0 Å². The van der Waals surface area contributed by atoms with Crippen LogP contribution in [0, 0.1) is 0 Å². The van der Waals surface area contributed by atoms with Crippen LogP contribution < -0.4 is 16.6 Å². The number of hydrogen-bond acceptors (Lipinski definition) is 7. The molecule has 0 aliphatic carbocycles. The fraction of sp³-hybridized carbons (Fsp3) is 0. The van der Waals surface area contributed by atoms with Crippen molar-refractivity contribution in [2.24, 2.45) is 5.84 Å². The minimum absolute atomic E-state index is 0.286. The van der Waals surface area contributed by atoms with Crippen molar-refractivity contribution in [2.45, 2.75) is 0 Å². The molecule has 2 heterocycles. The van der Waals surface area contributed by atoms with E-state index in [1.165, 1.54) is 23.0 Å². The predicted molar refractivity (Wildman–Crippen MR) is 59.9 cm³/mol. The lowest BCUT2D eigenvalue weighted by Crippen LogP contribution is -2.14. The molecule has 0 aliphatic rings. The van der Waals surface area contributed by atoms with Crippen LogP contribution in [0.15, 0.2) is 23.8 Å². The van der Waals surface area contributed by atoms with Gasteiger partial charge in [-0.2, -0.15) is 0 Å². The van der Waals surface area contributed by atoms with Gasteiger partial charge in [-0.15, -0.1) is 10.2 Å². The number of aromatic nitrogens is 3. The van der Waals surface area contributed by atoms with Crippen LogP contribution in [0.4, 0.5) is 10.8 Å². The van der Waals surface area contributed by atoms with Crippen molar-refractivity contribution < 1.29 is 4.79 Å². The number of nitrogens with one attached hydrogen (secondary N) is 2. The topological polar surface area (TPSA) is 106 Å². The second-order valence-corrected chi connectivity index (χ2v) is 3.61. The van der Waals surface area contributed by atoms with Gasteiger partial charge in [-0.3, -0.25) is 16.0 Å². The summed E-state index contributed by atoms with van der Waals surface area (Å²) in [6.07, 6.45) is 1.47. The molecular weight excluding hydrogens is 228 g/mol. The van der Waals surface area contributed by atoms with Gasteiger partial charge in [0.25, 0.3) is 5.91 Å². The Kier molecular flexibility index (Phi) is 3.03. The minimum Gasteiger partial charge on any atom is -0.323 e. The third-order valence-corrected chi connectivity index (χ3v) is 2.35. The number of hydrazine groups is 1. The number of carbonyl (C=O) groups excluding carboxylic acids is 1. The highest BCUT2D eigenvalue weighted by atomic mass is 32.1. The van der Waals surface area contributed by atoms with E-state index in [1.54, 1.807) is 12.1 Å². The standard InChI is InChI=1S/C8H8N6OS/c9-13-5-1-2-6(10-3-5)7(15)12-8-14-11-4-16-8/h1-4,13H,9H2,(H,12,14,15). The Bertz CT molecular complexity index is 468. The Morgan fingerprint density at radius 1 is 1.44 bits per heavy atom. The van der Waals surface area contributed by atoms with E-state index in [4.69, 9.17) is 5.84 Å². The molecule has 82 valence electrons. The predicted octanol–water partition coefficient (Wildman–Crippen LogP) is 0.471. The highest BCUT2D eigenvalue weighted by Crippen LogP contribution is 2.10. The normalized spacial score (nSPS) is 9.81. The second-order valence-electron chi connectivity index (χ2n) is 2.77. The summed E-state index contributed by atoms with van der Waals surface area (Å²) in [6, 6.07) is 3.22. The Morgan fingerprint density at radius 3 is 2.88 bits per heavy atom. The molecular formula is C8H8N6OS. The maximum absolute atomic E-state index is 11.6. The third-order valence-electron chi connectivity index (χ3n) is 1.74. The molecule has 2 aromatic heterocycles. The van der Waals surface area contributed by atoms with Gasteiger partial charge in [-0.25, -0.2) is 4.98 Å². The molecule has 7 nitrogen and oxygen atoms in total. The average Bonchev–Trinajstić information content (AvgIpc) is 2.82. The molecule has 2 aromatic rings. The molecule has 0 aromatic carbocycles.